The average Bonchev–Trinajstić information content (AvgIpc) is 2.33. The molecule has 128 valence electrons. The first kappa shape index (κ1) is 21.6. The first-order chi connectivity index (χ1) is 9.52. The monoisotopic (exact) mass is 369 g/mol. The van der Waals surface area contributed by atoms with E-state index >= 15 is 0 Å². The molecular weight excluding hydrogens is 342 g/mol. The molecule has 0 aliphatic heterocycles. The summed E-state index contributed by atoms with van der Waals surface area (Å²) in [5.41, 5.74) is 2.45. The summed E-state index contributed by atoms with van der Waals surface area (Å²) in [6, 6.07) is 3.97. The number of hydrogen-bond acceptors (Lipinski definition) is 3. The summed E-state index contributed by atoms with van der Waals surface area (Å²) in [6.45, 7) is 14.5. The fourth-order valence-electron chi connectivity index (χ4n) is 2.43. The molecule has 0 radical (unpaired) electrons. The van der Waals surface area contributed by atoms with Gasteiger partial charge in [-0.1, -0.05) is 48.5 Å². The molecule has 0 fully saturated rings. The summed E-state index contributed by atoms with van der Waals surface area (Å²) in [5.74, 6) is 0.359. The molecule has 1 aromatic rings. The summed E-state index contributed by atoms with van der Waals surface area (Å²) in [4.78, 5) is 0. The molecular formula is C17H28NiO3P+. The fourth-order valence-corrected chi connectivity index (χ4v) is 2.85. The number of phenols is 1. The van der Waals surface area contributed by atoms with Gasteiger partial charge in [-0.25, -0.2) is 0 Å². The van der Waals surface area contributed by atoms with Crippen molar-refractivity contribution in [3.8, 4) is 5.75 Å². The molecule has 0 aliphatic carbocycles. The quantitative estimate of drug-likeness (QED) is 0.571. The van der Waals surface area contributed by atoms with Crippen LogP contribution in [0, 0.1) is 0 Å². The van der Waals surface area contributed by atoms with Crippen LogP contribution in [0.3, 0.4) is 0 Å². The van der Waals surface area contributed by atoms with Gasteiger partial charge in [0.05, 0.1) is 0 Å². The normalized spacial score (nSPS) is 13.8. The van der Waals surface area contributed by atoms with Crippen molar-refractivity contribution in [2.45, 2.75) is 71.8 Å². The fraction of sp³-hybridized carbons (Fsp3) is 0.647. The van der Waals surface area contributed by atoms with Crippen molar-refractivity contribution in [2.24, 2.45) is 0 Å². The molecule has 0 amide bonds. The molecule has 0 aliphatic rings. The molecule has 0 spiro atoms. The molecule has 22 heavy (non-hydrogen) atoms. The van der Waals surface area contributed by atoms with E-state index in [1.807, 2.05) is 19.1 Å². The summed E-state index contributed by atoms with van der Waals surface area (Å²) >= 11 is 0. The van der Waals surface area contributed by atoms with Crippen molar-refractivity contribution in [2.75, 3.05) is 0 Å². The minimum atomic E-state index is -0.778. The van der Waals surface area contributed by atoms with Crippen molar-refractivity contribution in [3.05, 3.63) is 28.8 Å². The number of rotatable bonds is 4. The van der Waals surface area contributed by atoms with Crippen LogP contribution in [0.2, 0.25) is 0 Å². The maximum atomic E-state index is 10.9. The van der Waals surface area contributed by atoms with Crippen molar-refractivity contribution < 1.29 is 30.7 Å². The molecule has 0 heterocycles. The van der Waals surface area contributed by atoms with Crippen molar-refractivity contribution >= 4 is 8.69 Å². The zero-order valence-electron chi connectivity index (χ0n) is 14.5. The topological polar surface area (TPSA) is 46.5 Å². The van der Waals surface area contributed by atoms with Gasteiger partial charge in [0.15, 0.2) is 0 Å². The maximum absolute atomic E-state index is 10.9. The average molecular weight is 370 g/mol. The minimum Gasteiger partial charge on any atom is -0.507 e. The van der Waals surface area contributed by atoms with Gasteiger partial charge in [0.2, 0.25) is 0 Å². The van der Waals surface area contributed by atoms with Gasteiger partial charge in [-0.2, -0.15) is 0 Å². The van der Waals surface area contributed by atoms with Crippen LogP contribution < -0.4 is 0 Å². The molecule has 5 heteroatoms. The second kappa shape index (κ2) is 7.91. The molecule has 0 bridgehead atoms. The Morgan fingerprint density at radius 2 is 1.50 bits per heavy atom. The zero-order valence-corrected chi connectivity index (χ0v) is 16.5. The van der Waals surface area contributed by atoms with Crippen LogP contribution >= 0.6 is 8.69 Å². The molecule has 2 unspecified atom stereocenters. The number of phenolic OH excluding ortho intramolecular Hbond substituents is 1. The van der Waals surface area contributed by atoms with Crippen molar-refractivity contribution in [3.63, 3.8) is 0 Å². The van der Waals surface area contributed by atoms with Crippen LogP contribution in [-0.4, -0.2) is 5.11 Å². The van der Waals surface area contributed by atoms with E-state index in [2.05, 4.69) is 41.5 Å². The number of hydrogen-bond donors (Lipinski definition) is 1. The van der Waals surface area contributed by atoms with Crippen LogP contribution in [0.5, 0.6) is 5.75 Å². The van der Waals surface area contributed by atoms with E-state index < -0.39 is 8.69 Å². The molecule has 1 rings (SSSR count). The third kappa shape index (κ3) is 5.05. The Hall–Kier alpha value is -0.426. The van der Waals surface area contributed by atoms with Gasteiger partial charge in [0.1, 0.15) is 11.9 Å². The van der Waals surface area contributed by atoms with Crippen LogP contribution in [0.4, 0.5) is 0 Å². The summed E-state index contributed by atoms with van der Waals surface area (Å²) in [7, 11) is -0.778. The number of benzene rings is 1. The van der Waals surface area contributed by atoms with Gasteiger partial charge in [-0.3, -0.25) is 0 Å². The first-order valence-electron chi connectivity index (χ1n) is 7.43. The third-order valence-corrected chi connectivity index (χ3v) is 4.06. The second-order valence-electron chi connectivity index (χ2n) is 7.56. The Bertz CT molecular complexity index is 481. The predicted octanol–water partition coefficient (Wildman–Crippen LogP) is 5.39. The van der Waals surface area contributed by atoms with Gasteiger partial charge in [-0.05, 0) is 50.6 Å². The summed E-state index contributed by atoms with van der Waals surface area (Å²) in [5, 5.41) is 10.7. The van der Waals surface area contributed by atoms with E-state index in [1.54, 1.807) is 0 Å². The van der Waals surface area contributed by atoms with E-state index in [0.29, 0.717) is 5.75 Å². The molecule has 0 saturated carbocycles. The SMILES string of the molecule is CCC(O[PH+]=O)c1cc(C(C)(C)C)c(O)c(C(C)(C)C)c1.[Ni]. The van der Waals surface area contributed by atoms with E-state index in [4.69, 9.17) is 4.52 Å². The Kier molecular flexibility index (Phi) is 7.75. The summed E-state index contributed by atoms with van der Waals surface area (Å²) in [6.07, 6.45) is 0.538. The van der Waals surface area contributed by atoms with E-state index in [0.717, 1.165) is 23.1 Å². The van der Waals surface area contributed by atoms with Crippen LogP contribution in [0.25, 0.3) is 0 Å². The maximum Gasteiger partial charge on any atom is 0.494 e. The Balaban J connectivity index is 0.00000441. The van der Waals surface area contributed by atoms with E-state index in [9.17, 15) is 9.67 Å². The Labute approximate surface area is 146 Å². The van der Waals surface area contributed by atoms with Gasteiger partial charge >= 0.3 is 8.69 Å². The standard InChI is InChI=1S/C17H27O3P.Ni/c1-8-14(20-21-19)11-9-12(16(2,3)4)15(18)13(10-11)17(5,6)7;/h9-10,14,21H,8H2,1-7H3;/p+1. The molecule has 0 saturated heterocycles. The third-order valence-electron chi connectivity index (χ3n) is 3.68. The summed E-state index contributed by atoms with van der Waals surface area (Å²) < 4.78 is 16.2. The van der Waals surface area contributed by atoms with Crippen molar-refractivity contribution in [1.29, 1.82) is 0 Å². The molecule has 0 aromatic heterocycles. The molecule has 1 aromatic carbocycles. The van der Waals surface area contributed by atoms with E-state index in [1.165, 1.54) is 0 Å². The van der Waals surface area contributed by atoms with Crippen LogP contribution in [-0.2, 0) is 36.4 Å². The predicted molar refractivity (Wildman–Crippen MR) is 88.6 cm³/mol. The second-order valence-corrected chi connectivity index (χ2v) is 7.97. The van der Waals surface area contributed by atoms with Crippen molar-refractivity contribution in [1.82, 2.24) is 0 Å². The van der Waals surface area contributed by atoms with Crippen LogP contribution in [0.1, 0.15) is 77.7 Å². The minimum absolute atomic E-state index is 0. The largest absolute Gasteiger partial charge is 0.507 e. The van der Waals surface area contributed by atoms with Gasteiger partial charge in [-0.15, -0.1) is 4.52 Å². The first-order valence-corrected chi connectivity index (χ1v) is 8.24. The van der Waals surface area contributed by atoms with Crippen LogP contribution in [0.15, 0.2) is 12.1 Å². The van der Waals surface area contributed by atoms with Gasteiger partial charge in [0, 0.05) is 16.5 Å². The van der Waals surface area contributed by atoms with Gasteiger partial charge in [0.25, 0.3) is 0 Å². The Morgan fingerprint density at radius 1 is 1.09 bits per heavy atom. The molecule has 1 N–H and O–H groups in total. The number of aromatic hydroxyl groups is 1. The smallest absolute Gasteiger partial charge is 0.494 e. The Morgan fingerprint density at radius 3 is 1.77 bits per heavy atom. The molecule has 3 nitrogen and oxygen atoms in total. The zero-order chi connectivity index (χ0) is 16.4. The van der Waals surface area contributed by atoms with Gasteiger partial charge < -0.3 is 5.11 Å². The van der Waals surface area contributed by atoms with E-state index in [-0.39, 0.29) is 33.4 Å². The molecule has 2 atom stereocenters.